The Morgan fingerprint density at radius 2 is 2.33 bits per heavy atom. The Labute approximate surface area is 71.4 Å². The molecule has 0 fully saturated rings. The van der Waals surface area contributed by atoms with E-state index in [2.05, 4.69) is 4.98 Å². The van der Waals surface area contributed by atoms with Gasteiger partial charge in [0.2, 0.25) is 0 Å². The van der Waals surface area contributed by atoms with Crippen molar-refractivity contribution in [2.45, 2.75) is 12.2 Å². The van der Waals surface area contributed by atoms with E-state index in [0.29, 0.717) is 5.56 Å². The van der Waals surface area contributed by atoms with Crippen LogP contribution in [0.5, 0.6) is 0 Å². The van der Waals surface area contributed by atoms with Crippen LogP contribution >= 0.6 is 0 Å². The third-order valence-electron chi connectivity index (χ3n) is 1.82. The van der Waals surface area contributed by atoms with Crippen LogP contribution in [-0.2, 0) is 0 Å². The molecule has 0 bridgehead atoms. The second-order valence-electron chi connectivity index (χ2n) is 2.63. The number of rotatable bonds is 0. The fourth-order valence-corrected chi connectivity index (χ4v) is 1.19. The minimum absolute atomic E-state index is 0.199. The fourth-order valence-electron chi connectivity index (χ4n) is 1.19. The summed E-state index contributed by atoms with van der Waals surface area (Å²) in [6.45, 7) is 0. The molecule has 1 aromatic rings. The monoisotopic (exact) mass is 164 g/mol. The SMILES string of the molecule is [2H][C@]1(O)c2ncccc2C=C[C@@H]1O. The first-order valence-corrected chi connectivity index (χ1v) is 3.66. The molecule has 3 heteroatoms. The van der Waals surface area contributed by atoms with Crippen molar-refractivity contribution in [3.05, 3.63) is 35.7 Å². The molecule has 0 spiro atoms. The van der Waals surface area contributed by atoms with Gasteiger partial charge in [0.1, 0.15) is 12.2 Å². The van der Waals surface area contributed by atoms with E-state index in [1.54, 1.807) is 18.2 Å². The molecule has 0 saturated carbocycles. The average molecular weight is 164 g/mol. The second kappa shape index (κ2) is 2.69. The van der Waals surface area contributed by atoms with E-state index in [1.165, 1.54) is 12.3 Å². The van der Waals surface area contributed by atoms with Crippen LogP contribution in [0.1, 0.15) is 18.7 Å². The van der Waals surface area contributed by atoms with Gasteiger partial charge >= 0.3 is 0 Å². The lowest BCUT2D eigenvalue weighted by Crippen LogP contribution is -2.20. The van der Waals surface area contributed by atoms with Crippen molar-refractivity contribution >= 4 is 6.08 Å². The Morgan fingerprint density at radius 1 is 1.50 bits per heavy atom. The average Bonchev–Trinajstić information content (AvgIpc) is 2.13. The molecule has 1 aromatic heterocycles. The molecule has 62 valence electrons. The maximum absolute atomic E-state index is 9.60. The Kier molecular flexibility index (Phi) is 1.42. The molecule has 0 radical (unpaired) electrons. The highest BCUT2D eigenvalue weighted by Gasteiger charge is 2.22. The Hall–Kier alpha value is -1.19. The first-order valence-electron chi connectivity index (χ1n) is 4.16. The molecular formula is C9H9NO2. The molecule has 0 aliphatic heterocycles. The van der Waals surface area contributed by atoms with Gasteiger partial charge in [-0.15, -0.1) is 0 Å². The summed E-state index contributed by atoms with van der Waals surface area (Å²) in [5.74, 6) is 0. The summed E-state index contributed by atoms with van der Waals surface area (Å²) in [5, 5.41) is 18.9. The summed E-state index contributed by atoms with van der Waals surface area (Å²) in [4.78, 5) is 3.87. The van der Waals surface area contributed by atoms with Crippen LogP contribution in [0, 0.1) is 0 Å². The van der Waals surface area contributed by atoms with Gasteiger partial charge in [0.15, 0.2) is 0 Å². The normalized spacial score (nSPS) is 34.2. The Bertz CT molecular complexity index is 362. The molecule has 2 rings (SSSR count). The number of hydrogen-bond donors (Lipinski definition) is 2. The van der Waals surface area contributed by atoms with Crippen LogP contribution in [0.25, 0.3) is 6.08 Å². The molecule has 0 unspecified atom stereocenters. The molecule has 3 nitrogen and oxygen atoms in total. The van der Waals surface area contributed by atoms with E-state index in [9.17, 15) is 10.2 Å². The van der Waals surface area contributed by atoms with Crippen molar-refractivity contribution in [2.75, 3.05) is 0 Å². The van der Waals surface area contributed by atoms with Gasteiger partial charge in [-0.25, -0.2) is 0 Å². The quantitative estimate of drug-likeness (QED) is 0.587. The molecule has 1 aliphatic rings. The Balaban J connectivity index is 2.61. The zero-order valence-corrected chi connectivity index (χ0v) is 6.31. The molecular weight excluding hydrogens is 154 g/mol. The van der Waals surface area contributed by atoms with Gasteiger partial charge in [0.25, 0.3) is 0 Å². The molecule has 1 aliphatic carbocycles. The number of nitrogens with zero attached hydrogens (tertiary/aromatic N) is 1. The van der Waals surface area contributed by atoms with Crippen molar-refractivity contribution in [1.29, 1.82) is 0 Å². The fraction of sp³-hybridized carbons (Fsp3) is 0.222. The number of aromatic nitrogens is 1. The molecule has 0 saturated heterocycles. The molecule has 12 heavy (non-hydrogen) atoms. The predicted molar refractivity (Wildman–Crippen MR) is 44.2 cm³/mol. The largest absolute Gasteiger partial charge is 0.386 e. The summed E-state index contributed by atoms with van der Waals surface area (Å²) in [7, 11) is 0. The number of pyridine rings is 1. The van der Waals surface area contributed by atoms with Crippen molar-refractivity contribution in [3.8, 4) is 0 Å². The van der Waals surface area contributed by atoms with Crippen molar-refractivity contribution in [1.82, 2.24) is 4.98 Å². The topological polar surface area (TPSA) is 53.4 Å². The first-order chi connectivity index (χ1) is 6.12. The van der Waals surface area contributed by atoms with E-state index in [4.69, 9.17) is 1.37 Å². The van der Waals surface area contributed by atoms with E-state index in [-0.39, 0.29) is 5.69 Å². The molecule has 2 atom stereocenters. The van der Waals surface area contributed by atoms with E-state index in [0.717, 1.165) is 0 Å². The van der Waals surface area contributed by atoms with Gasteiger partial charge < -0.3 is 10.2 Å². The zero-order chi connectivity index (χ0) is 9.47. The lowest BCUT2D eigenvalue weighted by Gasteiger charge is -2.19. The van der Waals surface area contributed by atoms with E-state index in [1.807, 2.05) is 0 Å². The zero-order valence-electron chi connectivity index (χ0n) is 7.31. The second-order valence-corrected chi connectivity index (χ2v) is 2.63. The summed E-state index contributed by atoms with van der Waals surface area (Å²) < 4.78 is 7.51. The minimum Gasteiger partial charge on any atom is -0.386 e. The van der Waals surface area contributed by atoms with Gasteiger partial charge in [-0.2, -0.15) is 0 Å². The maximum atomic E-state index is 9.60. The van der Waals surface area contributed by atoms with Gasteiger partial charge in [-0.05, 0) is 11.6 Å². The maximum Gasteiger partial charge on any atom is 0.126 e. The lowest BCUT2D eigenvalue weighted by molar-refractivity contribution is 0.0440. The summed E-state index contributed by atoms with van der Waals surface area (Å²) in [6, 6.07) is 3.46. The van der Waals surface area contributed by atoms with Gasteiger partial charge in [0.05, 0.1) is 7.06 Å². The molecule has 0 amide bonds. The number of fused-ring (bicyclic) bond motifs is 1. The van der Waals surface area contributed by atoms with Crippen LogP contribution in [0.3, 0.4) is 0 Å². The third kappa shape index (κ3) is 1.03. The highest BCUT2D eigenvalue weighted by molar-refractivity contribution is 5.55. The molecule has 2 N–H and O–H groups in total. The van der Waals surface area contributed by atoms with Crippen molar-refractivity contribution in [3.63, 3.8) is 0 Å². The highest BCUT2D eigenvalue weighted by Crippen LogP contribution is 2.25. The third-order valence-corrected chi connectivity index (χ3v) is 1.82. The van der Waals surface area contributed by atoms with Crippen molar-refractivity contribution < 1.29 is 11.6 Å². The molecule has 0 aromatic carbocycles. The highest BCUT2D eigenvalue weighted by atomic mass is 16.3. The Morgan fingerprint density at radius 3 is 3.17 bits per heavy atom. The number of aliphatic hydroxyl groups excluding tert-OH is 1. The van der Waals surface area contributed by atoms with Crippen LogP contribution < -0.4 is 0 Å². The van der Waals surface area contributed by atoms with Crippen LogP contribution in [0.15, 0.2) is 24.4 Å². The first kappa shape index (κ1) is 6.34. The summed E-state index contributed by atoms with van der Waals surface area (Å²) >= 11 is 0. The summed E-state index contributed by atoms with van der Waals surface area (Å²) in [6.07, 6.45) is 1.29. The van der Waals surface area contributed by atoms with Crippen LogP contribution in [-0.4, -0.2) is 21.3 Å². The standard InChI is InChI=1S/C9H9NO2/c11-7-4-3-6-2-1-5-10-8(6)9(7)12/h1-5,7,9,11-12H/t7-,9+/m0/s1/i9D. The van der Waals surface area contributed by atoms with Gasteiger partial charge in [-0.1, -0.05) is 18.2 Å². The van der Waals surface area contributed by atoms with Crippen molar-refractivity contribution in [2.24, 2.45) is 0 Å². The number of hydrogen-bond acceptors (Lipinski definition) is 3. The molecule has 1 heterocycles. The number of aliphatic hydroxyl groups is 2. The predicted octanol–water partition coefficient (Wildman–Crippen LogP) is 0.503. The van der Waals surface area contributed by atoms with Crippen LogP contribution in [0.2, 0.25) is 0 Å². The van der Waals surface area contributed by atoms with E-state index < -0.39 is 12.2 Å². The summed E-state index contributed by atoms with van der Waals surface area (Å²) in [5.41, 5.74) is 0.871. The van der Waals surface area contributed by atoms with E-state index >= 15 is 0 Å². The lowest BCUT2D eigenvalue weighted by atomic mass is 9.98. The van der Waals surface area contributed by atoms with Gasteiger partial charge in [0, 0.05) is 6.20 Å². The smallest absolute Gasteiger partial charge is 0.126 e. The minimum atomic E-state index is -2.02. The van der Waals surface area contributed by atoms with Crippen LogP contribution in [0.4, 0.5) is 0 Å². The van der Waals surface area contributed by atoms with Gasteiger partial charge in [-0.3, -0.25) is 4.98 Å².